The standard InChI is InChI=1S/C18H23FN4O3/c1-2-10-25-13-6-5-9-23(12-13)18(24)20-11-16-21-17(22-26-16)14-7-3-4-8-15(14)19/h3-4,7-8,13H,2,5-6,9-12H2,1H3,(H,20,24)/t13-/m1/s1. The monoisotopic (exact) mass is 362 g/mol. The molecule has 1 aliphatic rings. The highest BCUT2D eigenvalue weighted by Gasteiger charge is 2.24. The molecule has 0 unspecified atom stereocenters. The number of benzene rings is 1. The Morgan fingerprint density at radius 2 is 2.31 bits per heavy atom. The van der Waals surface area contributed by atoms with Crippen LogP contribution in [0.5, 0.6) is 0 Å². The van der Waals surface area contributed by atoms with Gasteiger partial charge in [-0.15, -0.1) is 0 Å². The second-order valence-corrected chi connectivity index (χ2v) is 6.23. The third-order valence-electron chi connectivity index (χ3n) is 4.20. The lowest BCUT2D eigenvalue weighted by Crippen LogP contribution is -2.47. The Hall–Kier alpha value is -2.48. The molecule has 0 spiro atoms. The van der Waals surface area contributed by atoms with Gasteiger partial charge in [-0.25, -0.2) is 9.18 Å². The maximum atomic E-state index is 13.8. The molecule has 3 rings (SSSR count). The van der Waals surface area contributed by atoms with Crippen molar-refractivity contribution in [3.63, 3.8) is 0 Å². The molecule has 1 saturated heterocycles. The Balaban J connectivity index is 1.53. The molecule has 0 saturated carbocycles. The molecular formula is C18H23FN4O3. The van der Waals surface area contributed by atoms with Crippen LogP contribution in [-0.2, 0) is 11.3 Å². The van der Waals surface area contributed by atoms with Gasteiger partial charge in [0.15, 0.2) is 0 Å². The van der Waals surface area contributed by atoms with E-state index in [9.17, 15) is 9.18 Å². The summed E-state index contributed by atoms with van der Waals surface area (Å²) in [6.45, 7) is 4.14. The van der Waals surface area contributed by atoms with E-state index in [0.717, 1.165) is 19.3 Å². The molecule has 1 atom stereocenters. The van der Waals surface area contributed by atoms with Gasteiger partial charge < -0.3 is 19.5 Å². The zero-order valence-electron chi connectivity index (χ0n) is 14.8. The highest BCUT2D eigenvalue weighted by atomic mass is 19.1. The molecular weight excluding hydrogens is 339 g/mol. The van der Waals surface area contributed by atoms with Gasteiger partial charge in [0.2, 0.25) is 11.7 Å². The van der Waals surface area contributed by atoms with Crippen molar-refractivity contribution >= 4 is 6.03 Å². The molecule has 1 N–H and O–H groups in total. The van der Waals surface area contributed by atoms with Crippen LogP contribution in [0.1, 0.15) is 32.1 Å². The average molecular weight is 362 g/mol. The molecule has 140 valence electrons. The van der Waals surface area contributed by atoms with E-state index in [1.165, 1.54) is 6.07 Å². The van der Waals surface area contributed by atoms with Gasteiger partial charge in [-0.1, -0.05) is 24.2 Å². The minimum absolute atomic E-state index is 0.0884. The maximum absolute atomic E-state index is 13.8. The molecule has 1 aromatic heterocycles. The van der Waals surface area contributed by atoms with Gasteiger partial charge in [-0.2, -0.15) is 4.98 Å². The van der Waals surface area contributed by atoms with Gasteiger partial charge in [0.05, 0.1) is 18.2 Å². The molecule has 7 nitrogen and oxygen atoms in total. The molecule has 8 heteroatoms. The van der Waals surface area contributed by atoms with Gasteiger partial charge in [0.1, 0.15) is 5.82 Å². The van der Waals surface area contributed by atoms with Crippen LogP contribution in [0.25, 0.3) is 11.4 Å². The molecule has 2 aromatic rings. The summed E-state index contributed by atoms with van der Waals surface area (Å²) in [5, 5.41) is 6.54. The van der Waals surface area contributed by atoms with Gasteiger partial charge in [-0.3, -0.25) is 0 Å². The van der Waals surface area contributed by atoms with Crippen LogP contribution in [0.2, 0.25) is 0 Å². The van der Waals surface area contributed by atoms with Crippen molar-refractivity contribution in [1.82, 2.24) is 20.4 Å². The summed E-state index contributed by atoms with van der Waals surface area (Å²) < 4.78 is 24.6. The first kappa shape index (κ1) is 18.3. The molecule has 1 aromatic carbocycles. The fourth-order valence-corrected chi connectivity index (χ4v) is 2.88. The maximum Gasteiger partial charge on any atom is 0.317 e. The lowest BCUT2D eigenvalue weighted by atomic mass is 10.1. The summed E-state index contributed by atoms with van der Waals surface area (Å²) >= 11 is 0. The summed E-state index contributed by atoms with van der Waals surface area (Å²) in [5.41, 5.74) is 0.265. The molecule has 0 bridgehead atoms. The zero-order valence-corrected chi connectivity index (χ0v) is 14.8. The molecule has 2 heterocycles. The lowest BCUT2D eigenvalue weighted by molar-refractivity contribution is 0.00995. The predicted octanol–water partition coefficient (Wildman–Crippen LogP) is 2.98. The van der Waals surface area contributed by atoms with Crippen molar-refractivity contribution in [2.24, 2.45) is 0 Å². The normalized spacial score (nSPS) is 17.3. The average Bonchev–Trinajstić information content (AvgIpc) is 3.14. The third-order valence-corrected chi connectivity index (χ3v) is 4.20. The number of hydrogen-bond acceptors (Lipinski definition) is 5. The Labute approximate surface area is 151 Å². The zero-order chi connectivity index (χ0) is 18.4. The van der Waals surface area contributed by atoms with Crippen LogP contribution in [0.3, 0.4) is 0 Å². The van der Waals surface area contributed by atoms with E-state index < -0.39 is 5.82 Å². The summed E-state index contributed by atoms with van der Waals surface area (Å²) in [5.74, 6) is -0.0268. The smallest absolute Gasteiger partial charge is 0.317 e. The largest absolute Gasteiger partial charge is 0.376 e. The number of nitrogens with one attached hydrogen (secondary N) is 1. The van der Waals surface area contributed by atoms with Crippen molar-refractivity contribution < 1.29 is 18.4 Å². The first-order chi connectivity index (χ1) is 12.7. The van der Waals surface area contributed by atoms with Gasteiger partial charge in [0, 0.05) is 19.7 Å². The number of piperidine rings is 1. The SMILES string of the molecule is CCCO[C@@H]1CCCN(C(=O)NCc2nc(-c3ccccc3F)no2)C1. The van der Waals surface area contributed by atoms with Crippen molar-refractivity contribution in [2.75, 3.05) is 19.7 Å². The number of halogens is 1. The second kappa shape index (κ2) is 8.75. The minimum Gasteiger partial charge on any atom is -0.376 e. The van der Waals surface area contributed by atoms with Crippen LogP contribution < -0.4 is 5.32 Å². The highest BCUT2D eigenvalue weighted by molar-refractivity contribution is 5.74. The number of carbonyl (C=O) groups is 1. The number of ether oxygens (including phenoxy) is 1. The van der Waals surface area contributed by atoms with Crippen LogP contribution >= 0.6 is 0 Å². The summed E-state index contributed by atoms with van der Waals surface area (Å²) in [6, 6.07) is 6.01. The van der Waals surface area contributed by atoms with E-state index in [1.807, 2.05) is 0 Å². The van der Waals surface area contributed by atoms with Crippen molar-refractivity contribution in [3.8, 4) is 11.4 Å². The number of carbonyl (C=O) groups excluding carboxylic acids is 1. The summed E-state index contributed by atoms with van der Waals surface area (Å²) in [7, 11) is 0. The Bertz CT molecular complexity index is 737. The van der Waals surface area contributed by atoms with E-state index in [1.54, 1.807) is 23.1 Å². The Morgan fingerprint density at radius 1 is 1.46 bits per heavy atom. The first-order valence-electron chi connectivity index (χ1n) is 8.89. The van der Waals surface area contributed by atoms with E-state index in [4.69, 9.17) is 9.26 Å². The second-order valence-electron chi connectivity index (χ2n) is 6.23. The predicted molar refractivity (Wildman–Crippen MR) is 92.8 cm³/mol. The fourth-order valence-electron chi connectivity index (χ4n) is 2.88. The van der Waals surface area contributed by atoms with Crippen LogP contribution in [0.15, 0.2) is 28.8 Å². The Morgan fingerprint density at radius 3 is 3.12 bits per heavy atom. The molecule has 1 aliphatic heterocycles. The van der Waals surface area contributed by atoms with E-state index in [-0.39, 0.29) is 36.0 Å². The van der Waals surface area contributed by atoms with Gasteiger partial charge >= 0.3 is 6.03 Å². The van der Waals surface area contributed by atoms with Crippen LogP contribution in [0, 0.1) is 5.82 Å². The fraction of sp³-hybridized carbons (Fsp3) is 0.500. The number of hydrogen-bond donors (Lipinski definition) is 1. The number of aromatic nitrogens is 2. The molecule has 2 amide bonds. The summed E-state index contributed by atoms with van der Waals surface area (Å²) in [6.07, 6.45) is 2.94. The first-order valence-corrected chi connectivity index (χ1v) is 8.89. The van der Waals surface area contributed by atoms with Gasteiger partial charge in [0.25, 0.3) is 0 Å². The number of nitrogens with zero attached hydrogens (tertiary/aromatic N) is 3. The van der Waals surface area contributed by atoms with E-state index >= 15 is 0 Å². The lowest BCUT2D eigenvalue weighted by Gasteiger charge is -2.32. The van der Waals surface area contributed by atoms with Crippen LogP contribution in [0.4, 0.5) is 9.18 Å². The Kier molecular flexibility index (Phi) is 6.17. The molecule has 0 aliphatic carbocycles. The molecule has 1 fully saturated rings. The number of urea groups is 1. The molecule has 26 heavy (non-hydrogen) atoms. The number of amides is 2. The highest BCUT2D eigenvalue weighted by Crippen LogP contribution is 2.19. The minimum atomic E-state index is -0.421. The van der Waals surface area contributed by atoms with E-state index in [2.05, 4.69) is 22.4 Å². The summed E-state index contributed by atoms with van der Waals surface area (Å²) in [4.78, 5) is 18.2. The topological polar surface area (TPSA) is 80.5 Å². The van der Waals surface area contributed by atoms with Gasteiger partial charge in [-0.05, 0) is 31.4 Å². The molecule has 0 radical (unpaired) electrons. The third kappa shape index (κ3) is 4.57. The quantitative estimate of drug-likeness (QED) is 0.854. The van der Waals surface area contributed by atoms with Crippen molar-refractivity contribution in [3.05, 3.63) is 36.0 Å². The number of likely N-dealkylation sites (tertiary alicyclic amines) is 1. The van der Waals surface area contributed by atoms with Crippen molar-refractivity contribution in [1.29, 1.82) is 0 Å². The number of rotatable bonds is 6. The van der Waals surface area contributed by atoms with Crippen molar-refractivity contribution in [2.45, 2.75) is 38.8 Å². The van der Waals surface area contributed by atoms with Crippen LogP contribution in [-0.4, -0.2) is 46.9 Å². The van der Waals surface area contributed by atoms with E-state index in [0.29, 0.717) is 19.7 Å².